The molecule has 1 N–H and O–H groups in total. The number of aryl methyl sites for hydroxylation is 1. The summed E-state index contributed by atoms with van der Waals surface area (Å²) in [5.74, 6) is 0.332. The van der Waals surface area contributed by atoms with Gasteiger partial charge in [-0.15, -0.1) is 0 Å². The second-order valence-corrected chi connectivity index (χ2v) is 14.2. The molecule has 2 aliphatic carbocycles. The molecule has 5 nitrogen and oxygen atoms in total. The lowest BCUT2D eigenvalue weighted by atomic mass is 9.68. The van der Waals surface area contributed by atoms with Gasteiger partial charge in [-0.3, -0.25) is 0 Å². The van der Waals surface area contributed by atoms with E-state index in [1.54, 1.807) is 0 Å². The van der Waals surface area contributed by atoms with E-state index >= 15 is 0 Å². The number of hydrogen-bond acceptors (Lipinski definition) is 5. The maximum Gasteiger partial charge on any atom is 0.422 e. The number of halogens is 3. The van der Waals surface area contributed by atoms with Crippen LogP contribution in [0.2, 0.25) is 0 Å². The lowest BCUT2D eigenvalue weighted by molar-refractivity contribution is -0.153. The number of aliphatic hydroxyl groups is 1. The van der Waals surface area contributed by atoms with Crippen molar-refractivity contribution in [2.45, 2.75) is 128 Å². The molecule has 0 amide bonds. The molecule has 2 aliphatic rings. The van der Waals surface area contributed by atoms with Gasteiger partial charge in [0.15, 0.2) is 0 Å². The van der Waals surface area contributed by atoms with E-state index in [4.69, 9.17) is 9.47 Å². The molecule has 3 rings (SSSR count). The molecule has 0 spiro atoms. The Morgan fingerprint density at radius 1 is 0.848 bits per heavy atom. The van der Waals surface area contributed by atoms with Gasteiger partial charge in [-0.25, -0.2) is 9.59 Å². The summed E-state index contributed by atoms with van der Waals surface area (Å²) in [4.78, 5) is 24.3. The number of hydrogen-bond donors (Lipinski definition) is 1. The van der Waals surface area contributed by atoms with E-state index in [0.717, 1.165) is 23.3 Å². The average Bonchev–Trinajstić information content (AvgIpc) is 3.03. The van der Waals surface area contributed by atoms with Crippen molar-refractivity contribution >= 4 is 11.9 Å². The summed E-state index contributed by atoms with van der Waals surface area (Å²) >= 11 is 0. The minimum absolute atomic E-state index is 0.150. The van der Waals surface area contributed by atoms with Gasteiger partial charge in [0.05, 0.1) is 24.4 Å². The summed E-state index contributed by atoms with van der Waals surface area (Å²) in [6.45, 7) is 10.8. The smallest absolute Gasteiger partial charge is 0.422 e. The highest BCUT2D eigenvalue weighted by Gasteiger charge is 2.38. The van der Waals surface area contributed by atoms with Gasteiger partial charge in [-0.2, -0.15) is 13.2 Å². The van der Waals surface area contributed by atoms with E-state index in [1.165, 1.54) is 96.5 Å². The second-order valence-electron chi connectivity index (χ2n) is 14.2. The van der Waals surface area contributed by atoms with Gasteiger partial charge in [0, 0.05) is 5.92 Å². The molecule has 1 unspecified atom stereocenters. The van der Waals surface area contributed by atoms with Gasteiger partial charge in [0.25, 0.3) is 0 Å². The van der Waals surface area contributed by atoms with Crippen molar-refractivity contribution < 1.29 is 37.3 Å². The molecule has 2 fully saturated rings. The van der Waals surface area contributed by atoms with E-state index in [-0.39, 0.29) is 18.8 Å². The van der Waals surface area contributed by atoms with E-state index in [1.807, 2.05) is 0 Å². The van der Waals surface area contributed by atoms with Crippen molar-refractivity contribution in [1.82, 2.24) is 0 Å². The van der Waals surface area contributed by atoms with Gasteiger partial charge in [-0.05, 0) is 100 Å². The molecule has 46 heavy (non-hydrogen) atoms. The topological polar surface area (TPSA) is 72.8 Å². The Bertz CT molecular complexity index is 1090. The van der Waals surface area contributed by atoms with Crippen LogP contribution in [0.5, 0.6) is 0 Å². The Morgan fingerprint density at radius 3 is 1.87 bits per heavy atom. The first-order valence-corrected chi connectivity index (χ1v) is 17.3. The van der Waals surface area contributed by atoms with Crippen LogP contribution in [0.4, 0.5) is 13.2 Å². The molecule has 0 aliphatic heterocycles. The van der Waals surface area contributed by atoms with Crippen LogP contribution in [0.25, 0.3) is 0 Å². The SMILES string of the molecule is C=C(C(=O)OCC(CCc1ccc(C2CCC(C3CCC(CCCCC)CC3)CC2)cc1)COC(=O)C(=C)C(F)(F)F)C(C)(C)O. The Morgan fingerprint density at radius 2 is 1.37 bits per heavy atom. The maximum absolute atomic E-state index is 12.9. The van der Waals surface area contributed by atoms with Gasteiger partial charge in [-0.1, -0.05) is 82.9 Å². The molecule has 0 bridgehead atoms. The summed E-state index contributed by atoms with van der Waals surface area (Å²) in [5.41, 5.74) is -0.845. The maximum atomic E-state index is 12.9. The fourth-order valence-corrected chi connectivity index (χ4v) is 7.02. The zero-order chi connectivity index (χ0) is 33.9. The van der Waals surface area contributed by atoms with Crippen LogP contribution in [0, 0.1) is 23.7 Å². The lowest BCUT2D eigenvalue weighted by Gasteiger charge is -2.38. The number of alkyl halides is 3. The highest BCUT2D eigenvalue weighted by Crippen LogP contribution is 2.44. The number of esters is 2. The fraction of sp³-hybridized carbons (Fsp3) is 0.684. The Kier molecular flexibility index (Phi) is 14.4. The van der Waals surface area contributed by atoms with E-state index < -0.39 is 35.2 Å². The van der Waals surface area contributed by atoms with Gasteiger partial charge in [0.2, 0.25) is 0 Å². The zero-order valence-corrected chi connectivity index (χ0v) is 28.1. The Labute approximate surface area is 274 Å². The highest BCUT2D eigenvalue weighted by molar-refractivity contribution is 5.90. The molecule has 2 saturated carbocycles. The van der Waals surface area contributed by atoms with Crippen LogP contribution in [-0.4, -0.2) is 42.0 Å². The number of carbonyl (C=O) groups excluding carboxylic acids is 2. The molecule has 0 heterocycles. The van der Waals surface area contributed by atoms with Crippen molar-refractivity contribution in [2.24, 2.45) is 23.7 Å². The molecular weight excluding hydrogens is 593 g/mol. The van der Waals surface area contributed by atoms with E-state index in [0.29, 0.717) is 18.8 Å². The van der Waals surface area contributed by atoms with Crippen LogP contribution in [0.1, 0.15) is 121 Å². The third-order valence-electron chi connectivity index (χ3n) is 10.3. The summed E-state index contributed by atoms with van der Waals surface area (Å²) in [7, 11) is 0. The number of benzene rings is 1. The van der Waals surface area contributed by atoms with Crippen molar-refractivity contribution in [3.05, 3.63) is 59.7 Å². The van der Waals surface area contributed by atoms with Crippen LogP contribution >= 0.6 is 0 Å². The van der Waals surface area contributed by atoms with Crippen molar-refractivity contribution in [3.63, 3.8) is 0 Å². The normalized spacial score (nSPS) is 22.9. The Balaban J connectivity index is 1.49. The molecule has 258 valence electrons. The lowest BCUT2D eigenvalue weighted by Crippen LogP contribution is -2.30. The quantitative estimate of drug-likeness (QED) is 0.110. The molecule has 0 radical (unpaired) electrons. The van der Waals surface area contributed by atoms with Crippen LogP contribution in [0.3, 0.4) is 0 Å². The number of unbranched alkanes of at least 4 members (excludes halogenated alkanes) is 2. The first kappa shape index (κ1) is 37.8. The summed E-state index contributed by atoms with van der Waals surface area (Å²) in [6.07, 6.45) is 12.2. The van der Waals surface area contributed by atoms with E-state index in [9.17, 15) is 27.9 Å². The molecular formula is C38H55F3O5. The number of ether oxygens (including phenoxy) is 2. The minimum atomic E-state index is -4.89. The first-order valence-electron chi connectivity index (χ1n) is 17.3. The summed E-state index contributed by atoms with van der Waals surface area (Å²) in [5, 5.41) is 10.0. The van der Waals surface area contributed by atoms with Crippen LogP contribution in [-0.2, 0) is 25.5 Å². The fourth-order valence-electron chi connectivity index (χ4n) is 7.02. The van der Waals surface area contributed by atoms with Gasteiger partial charge < -0.3 is 14.6 Å². The predicted octanol–water partition coefficient (Wildman–Crippen LogP) is 9.43. The number of carbonyl (C=O) groups is 2. The van der Waals surface area contributed by atoms with E-state index in [2.05, 4.69) is 44.3 Å². The largest absolute Gasteiger partial charge is 0.462 e. The van der Waals surface area contributed by atoms with Crippen molar-refractivity contribution in [1.29, 1.82) is 0 Å². The van der Waals surface area contributed by atoms with Gasteiger partial charge >= 0.3 is 18.1 Å². The molecule has 0 aromatic heterocycles. The Hall–Kier alpha value is -2.61. The summed E-state index contributed by atoms with van der Waals surface area (Å²) < 4.78 is 48.8. The van der Waals surface area contributed by atoms with Crippen LogP contribution in [0.15, 0.2) is 48.6 Å². The third kappa shape index (κ3) is 11.9. The monoisotopic (exact) mass is 648 g/mol. The molecule has 1 atom stereocenters. The molecule has 1 aromatic carbocycles. The third-order valence-corrected chi connectivity index (χ3v) is 10.3. The molecule has 1 aromatic rings. The highest BCUT2D eigenvalue weighted by atomic mass is 19.4. The van der Waals surface area contributed by atoms with Crippen molar-refractivity contribution in [2.75, 3.05) is 13.2 Å². The van der Waals surface area contributed by atoms with Crippen LogP contribution < -0.4 is 0 Å². The zero-order valence-electron chi connectivity index (χ0n) is 28.1. The average molecular weight is 649 g/mol. The molecule has 8 heteroatoms. The first-order chi connectivity index (χ1) is 21.7. The predicted molar refractivity (Wildman–Crippen MR) is 175 cm³/mol. The minimum Gasteiger partial charge on any atom is -0.462 e. The van der Waals surface area contributed by atoms with Crippen molar-refractivity contribution in [3.8, 4) is 0 Å². The van der Waals surface area contributed by atoms with Gasteiger partial charge in [0.1, 0.15) is 5.57 Å². The second kappa shape index (κ2) is 17.5. The number of rotatable bonds is 16. The standard InChI is InChI=1S/C38H55F3O5/c1-6-7-8-9-28-12-16-31(17-13-28)33-20-22-34(23-21-33)32-18-14-29(15-19-32)10-11-30(24-45-35(42)26(2)37(4,5)44)25-46-36(43)27(3)38(39,40)41/h14-15,18-19,28,30-31,33-34,44H,2-3,6-13,16-17,20-25H2,1,4-5H3. The molecule has 0 saturated heterocycles. The summed E-state index contributed by atoms with van der Waals surface area (Å²) in [6, 6.07) is 8.52.